The van der Waals surface area contributed by atoms with Crippen molar-refractivity contribution in [3.8, 4) is 0 Å². The Morgan fingerprint density at radius 1 is 1.17 bits per heavy atom. The van der Waals surface area contributed by atoms with Gasteiger partial charge in [-0.25, -0.2) is 4.39 Å². The summed E-state index contributed by atoms with van der Waals surface area (Å²) < 4.78 is 54.6. The summed E-state index contributed by atoms with van der Waals surface area (Å²) in [5.41, 5.74) is 3.25. The number of aliphatic hydroxyl groups excluding tert-OH is 1. The molecule has 1 unspecified atom stereocenters. The number of nitrogens with zero attached hydrogens (tertiary/aromatic N) is 1. The van der Waals surface area contributed by atoms with Gasteiger partial charge in [0.15, 0.2) is 0 Å². The summed E-state index contributed by atoms with van der Waals surface area (Å²) >= 11 is 5.98. The van der Waals surface area contributed by atoms with Gasteiger partial charge in [-0.05, 0) is 40.8 Å². The monoisotopic (exact) mass is 442 g/mol. The van der Waals surface area contributed by atoms with Gasteiger partial charge in [0.25, 0.3) is 5.56 Å². The van der Waals surface area contributed by atoms with E-state index in [1.54, 1.807) is 0 Å². The molecule has 2 aromatic carbocycles. The minimum atomic E-state index is -5.01. The number of amides is 1. The second-order valence-electron chi connectivity index (χ2n) is 6.53. The lowest BCUT2D eigenvalue weighted by Gasteiger charge is -2.20. The maximum Gasteiger partial charge on any atom is 0.419 e. The second-order valence-corrected chi connectivity index (χ2v) is 6.94. The molecule has 10 heteroatoms. The number of nitrogens with two attached hydrogens (primary N) is 1. The van der Waals surface area contributed by atoms with Gasteiger partial charge in [-0.3, -0.25) is 9.59 Å². The van der Waals surface area contributed by atoms with Gasteiger partial charge >= 0.3 is 6.18 Å². The summed E-state index contributed by atoms with van der Waals surface area (Å²) in [6.45, 7) is -0.239. The molecule has 0 radical (unpaired) electrons. The molecule has 0 saturated heterocycles. The van der Waals surface area contributed by atoms with Crippen LogP contribution < -0.4 is 11.3 Å². The van der Waals surface area contributed by atoms with Crippen molar-refractivity contribution < 1.29 is 27.5 Å². The van der Waals surface area contributed by atoms with Crippen molar-refractivity contribution in [3.05, 3.63) is 80.5 Å². The van der Waals surface area contributed by atoms with Crippen molar-refractivity contribution in [1.29, 1.82) is 0 Å². The third kappa shape index (κ3) is 3.90. The lowest BCUT2D eigenvalue weighted by atomic mass is 9.86. The molecule has 1 amide bonds. The van der Waals surface area contributed by atoms with E-state index in [0.717, 1.165) is 0 Å². The molecule has 1 aromatic heterocycles. The number of carbonyl (C=O) groups excluding carboxylic acids is 1. The van der Waals surface area contributed by atoms with Crippen LogP contribution in [-0.2, 0) is 17.5 Å². The minimum absolute atomic E-state index is 0.0387. The van der Waals surface area contributed by atoms with E-state index in [4.69, 9.17) is 22.4 Å². The van der Waals surface area contributed by atoms with Crippen molar-refractivity contribution in [1.82, 2.24) is 4.57 Å². The highest BCUT2D eigenvalue weighted by Gasteiger charge is 2.36. The molecule has 3 N–H and O–H groups in total. The first-order valence-electron chi connectivity index (χ1n) is 8.64. The number of fused-ring (bicyclic) bond motifs is 1. The van der Waals surface area contributed by atoms with E-state index < -0.39 is 40.0 Å². The highest BCUT2D eigenvalue weighted by Crippen LogP contribution is 2.39. The van der Waals surface area contributed by atoms with Gasteiger partial charge < -0.3 is 15.4 Å². The number of benzene rings is 2. The molecule has 3 rings (SSSR count). The SMILES string of the molecule is NC(=O)C(c1cc(C(F)(F)F)c(F)cc1Cl)c1cccc2c(=O)n(CCO)ccc12. The Morgan fingerprint density at radius 2 is 1.87 bits per heavy atom. The second kappa shape index (κ2) is 8.08. The Kier molecular flexibility index (Phi) is 5.87. The molecule has 1 atom stereocenters. The van der Waals surface area contributed by atoms with Crippen molar-refractivity contribution >= 4 is 28.3 Å². The zero-order valence-corrected chi connectivity index (χ0v) is 16.0. The topological polar surface area (TPSA) is 85.3 Å². The molecular weight excluding hydrogens is 428 g/mol. The minimum Gasteiger partial charge on any atom is -0.395 e. The van der Waals surface area contributed by atoms with Crippen molar-refractivity contribution in [2.45, 2.75) is 18.6 Å². The molecule has 0 aliphatic heterocycles. The van der Waals surface area contributed by atoms with Crippen LogP contribution in [0.5, 0.6) is 0 Å². The summed E-state index contributed by atoms with van der Waals surface area (Å²) in [6.07, 6.45) is -3.63. The Labute approximate surface area is 172 Å². The lowest BCUT2D eigenvalue weighted by molar-refractivity contribution is -0.140. The van der Waals surface area contributed by atoms with Crippen LogP contribution in [0.1, 0.15) is 22.6 Å². The van der Waals surface area contributed by atoms with Crippen LogP contribution in [0.3, 0.4) is 0 Å². The number of aromatic nitrogens is 1. The van der Waals surface area contributed by atoms with Crippen molar-refractivity contribution in [3.63, 3.8) is 0 Å². The fraction of sp³-hybridized carbons (Fsp3) is 0.200. The number of carbonyl (C=O) groups is 1. The molecule has 30 heavy (non-hydrogen) atoms. The van der Waals surface area contributed by atoms with Gasteiger partial charge in [-0.15, -0.1) is 0 Å². The van der Waals surface area contributed by atoms with E-state index in [2.05, 4.69) is 0 Å². The number of primary amides is 1. The van der Waals surface area contributed by atoms with Gasteiger partial charge in [0.05, 0.1) is 18.1 Å². The fourth-order valence-electron chi connectivity index (χ4n) is 3.36. The first-order valence-corrected chi connectivity index (χ1v) is 9.02. The van der Waals surface area contributed by atoms with Crippen molar-refractivity contribution in [2.75, 3.05) is 6.61 Å². The third-order valence-corrected chi connectivity index (χ3v) is 5.02. The predicted molar refractivity (Wildman–Crippen MR) is 103 cm³/mol. The Balaban J connectivity index is 2.30. The number of hydrogen-bond donors (Lipinski definition) is 2. The standard InChI is InChI=1S/C20H15ClF4N2O3/c21-15-9-16(22)14(20(23,24)25)8-13(15)17(18(26)29)11-2-1-3-12-10(11)4-5-27(6-7-28)19(12)30/h1-5,8-9,17,28H,6-7H2,(H2,26,29). The lowest BCUT2D eigenvalue weighted by Crippen LogP contribution is -2.25. The summed E-state index contributed by atoms with van der Waals surface area (Å²) in [5.74, 6) is -4.07. The first kappa shape index (κ1) is 21.8. The van der Waals surface area contributed by atoms with Crippen LogP contribution in [0.25, 0.3) is 10.8 Å². The van der Waals surface area contributed by atoms with Gasteiger partial charge in [0.1, 0.15) is 5.82 Å². The quantitative estimate of drug-likeness (QED) is 0.594. The molecule has 3 aromatic rings. The van der Waals surface area contributed by atoms with Crippen LogP contribution in [-0.4, -0.2) is 22.2 Å². The normalized spacial score (nSPS) is 12.9. The molecule has 0 aliphatic carbocycles. The zero-order valence-electron chi connectivity index (χ0n) is 15.2. The summed E-state index contributed by atoms with van der Waals surface area (Å²) in [4.78, 5) is 24.9. The fourth-order valence-corrected chi connectivity index (χ4v) is 3.62. The number of rotatable bonds is 5. The average molecular weight is 443 g/mol. The number of aliphatic hydroxyl groups is 1. The number of alkyl halides is 3. The van der Waals surface area contributed by atoms with E-state index in [1.165, 1.54) is 35.0 Å². The summed E-state index contributed by atoms with van der Waals surface area (Å²) in [5, 5.41) is 9.10. The average Bonchev–Trinajstić information content (AvgIpc) is 2.65. The molecule has 0 bridgehead atoms. The van der Waals surface area contributed by atoms with Gasteiger partial charge in [0, 0.05) is 23.2 Å². The molecule has 0 saturated carbocycles. The van der Waals surface area contributed by atoms with Crippen LogP contribution >= 0.6 is 11.6 Å². The Morgan fingerprint density at radius 3 is 2.47 bits per heavy atom. The van der Waals surface area contributed by atoms with E-state index in [9.17, 15) is 27.2 Å². The molecular formula is C20H15ClF4N2O3. The molecule has 0 spiro atoms. The largest absolute Gasteiger partial charge is 0.419 e. The Bertz CT molecular complexity index is 1190. The predicted octanol–water partition coefficient (Wildman–Crippen LogP) is 3.42. The van der Waals surface area contributed by atoms with E-state index in [0.29, 0.717) is 12.1 Å². The molecule has 0 fully saturated rings. The number of hydrogen-bond acceptors (Lipinski definition) is 3. The van der Waals surface area contributed by atoms with Gasteiger partial charge in [-0.1, -0.05) is 23.7 Å². The maximum absolute atomic E-state index is 13.8. The first-order chi connectivity index (χ1) is 14.1. The summed E-state index contributed by atoms with van der Waals surface area (Å²) in [7, 11) is 0. The molecule has 0 aliphatic rings. The number of pyridine rings is 1. The summed E-state index contributed by atoms with van der Waals surface area (Å²) in [6, 6.07) is 6.77. The van der Waals surface area contributed by atoms with E-state index >= 15 is 0 Å². The Hall–Kier alpha value is -2.91. The smallest absolute Gasteiger partial charge is 0.395 e. The van der Waals surface area contributed by atoms with Crippen LogP contribution in [0.4, 0.5) is 17.6 Å². The highest BCUT2D eigenvalue weighted by molar-refractivity contribution is 6.31. The third-order valence-electron chi connectivity index (χ3n) is 4.69. The highest BCUT2D eigenvalue weighted by atomic mass is 35.5. The van der Waals surface area contributed by atoms with Crippen LogP contribution in [0.15, 0.2) is 47.4 Å². The van der Waals surface area contributed by atoms with Gasteiger partial charge in [-0.2, -0.15) is 13.2 Å². The molecule has 158 valence electrons. The van der Waals surface area contributed by atoms with E-state index in [1.807, 2.05) is 0 Å². The zero-order chi connectivity index (χ0) is 22.2. The maximum atomic E-state index is 13.8. The van der Waals surface area contributed by atoms with Crippen LogP contribution in [0.2, 0.25) is 5.02 Å². The van der Waals surface area contributed by atoms with E-state index in [-0.39, 0.29) is 35.1 Å². The van der Waals surface area contributed by atoms with Crippen LogP contribution in [0, 0.1) is 5.82 Å². The number of halogens is 5. The van der Waals surface area contributed by atoms with Gasteiger partial charge in [0.2, 0.25) is 5.91 Å². The molecule has 5 nitrogen and oxygen atoms in total. The molecule has 1 heterocycles. The van der Waals surface area contributed by atoms with Crippen molar-refractivity contribution in [2.24, 2.45) is 5.73 Å².